The molecule has 7 nitrogen and oxygen atoms in total. The van der Waals surface area contributed by atoms with Crippen molar-refractivity contribution in [1.29, 1.82) is 0 Å². The van der Waals surface area contributed by atoms with E-state index in [1.807, 2.05) is 70.9 Å². The lowest BCUT2D eigenvalue weighted by atomic mass is 10.1. The topological polar surface area (TPSA) is 105 Å². The van der Waals surface area contributed by atoms with Crippen LogP contribution in [0, 0.1) is 5.82 Å². The Kier molecular flexibility index (Phi) is 22.6. The molecule has 1 amide bonds. The van der Waals surface area contributed by atoms with E-state index in [4.69, 9.17) is 10.5 Å². The van der Waals surface area contributed by atoms with Crippen LogP contribution in [0.25, 0.3) is 17.7 Å². The number of halogens is 1. The number of nitrogens with one attached hydrogen (secondary N) is 1. The van der Waals surface area contributed by atoms with Crippen molar-refractivity contribution in [2.75, 3.05) is 21.1 Å². The van der Waals surface area contributed by atoms with Gasteiger partial charge in [-0.2, -0.15) is 0 Å². The molecule has 9 heteroatoms. The summed E-state index contributed by atoms with van der Waals surface area (Å²) in [6.45, 7) is 14.5. The van der Waals surface area contributed by atoms with Gasteiger partial charge in [0.05, 0.1) is 15.9 Å². The number of primary amides is 1. The normalized spacial score (nSPS) is 12.5. The molecule has 40 heavy (non-hydrogen) atoms. The zero-order valence-electron chi connectivity index (χ0n) is 24.9. The first-order chi connectivity index (χ1) is 19.2. The Hall–Kier alpha value is -3.53. The number of aldehydes is 1. The van der Waals surface area contributed by atoms with Crippen LogP contribution < -0.4 is 20.9 Å². The Balaban J connectivity index is 0. The molecule has 220 valence electrons. The summed E-state index contributed by atoms with van der Waals surface area (Å²) in [5, 5.41) is 4.83. The van der Waals surface area contributed by atoms with E-state index in [0.717, 1.165) is 32.4 Å². The third-order valence-corrected chi connectivity index (χ3v) is 6.06. The number of hydrogen-bond donors (Lipinski definition) is 2. The van der Waals surface area contributed by atoms with Gasteiger partial charge in [0.2, 0.25) is 5.91 Å². The zero-order valence-corrected chi connectivity index (χ0v) is 25.7. The summed E-state index contributed by atoms with van der Waals surface area (Å²) in [4.78, 5) is 36.4. The van der Waals surface area contributed by atoms with E-state index in [1.165, 1.54) is 12.1 Å². The number of carbonyl (C=O) groups is 3. The number of likely N-dealkylation sites (N-methyl/N-ethyl adjacent to an activating group) is 1. The predicted octanol–water partition coefficient (Wildman–Crippen LogP) is 4.26. The highest BCUT2D eigenvalue weighted by molar-refractivity contribution is 7.10. The molecule has 0 saturated carbocycles. The number of thiazole rings is 1. The van der Waals surface area contributed by atoms with E-state index in [0.29, 0.717) is 24.8 Å². The largest absolute Gasteiger partial charge is 0.368 e. The van der Waals surface area contributed by atoms with E-state index in [1.54, 1.807) is 30.5 Å². The van der Waals surface area contributed by atoms with E-state index in [2.05, 4.69) is 29.9 Å². The summed E-state index contributed by atoms with van der Waals surface area (Å²) in [7, 11) is 5.53. The summed E-state index contributed by atoms with van der Waals surface area (Å²) >= 11 is 1.63. The van der Waals surface area contributed by atoms with Crippen molar-refractivity contribution >= 4 is 48.0 Å². The molecule has 1 unspecified atom stereocenters. The van der Waals surface area contributed by atoms with Gasteiger partial charge in [-0.3, -0.25) is 9.59 Å². The van der Waals surface area contributed by atoms with Crippen molar-refractivity contribution < 1.29 is 18.8 Å². The Morgan fingerprint density at radius 3 is 2.40 bits per heavy atom. The molecule has 0 saturated heterocycles. The molecule has 0 aliphatic heterocycles. The number of carbonyl (C=O) groups excluding carboxylic acids is 3. The second kappa shape index (κ2) is 23.4. The maximum atomic E-state index is 12.7. The van der Waals surface area contributed by atoms with E-state index < -0.39 is 0 Å². The maximum absolute atomic E-state index is 12.7. The Morgan fingerprint density at radius 2 is 1.93 bits per heavy atom. The van der Waals surface area contributed by atoms with Gasteiger partial charge in [-0.25, -0.2) is 9.37 Å². The first-order valence-electron chi connectivity index (χ1n) is 13.0. The summed E-state index contributed by atoms with van der Waals surface area (Å²) in [6.07, 6.45) is 14.0. The van der Waals surface area contributed by atoms with E-state index in [9.17, 15) is 14.0 Å². The minimum Gasteiger partial charge on any atom is -0.368 e. The van der Waals surface area contributed by atoms with E-state index >= 15 is 0 Å². The molecule has 2 aromatic rings. The number of allylic oxidation sites excluding steroid dienone is 4. The predicted molar refractivity (Wildman–Crippen MR) is 168 cm³/mol. The molecule has 0 bridgehead atoms. The van der Waals surface area contributed by atoms with Crippen LogP contribution >= 0.6 is 11.3 Å². The van der Waals surface area contributed by atoms with Crippen molar-refractivity contribution in [1.82, 2.24) is 15.2 Å². The van der Waals surface area contributed by atoms with Gasteiger partial charge in [0.15, 0.2) is 0 Å². The summed E-state index contributed by atoms with van der Waals surface area (Å²) in [6, 6.07) is 3.91. The molecule has 0 spiro atoms. The van der Waals surface area contributed by atoms with Crippen molar-refractivity contribution in [3.63, 3.8) is 0 Å². The van der Waals surface area contributed by atoms with Gasteiger partial charge in [-0.1, -0.05) is 63.8 Å². The molecule has 3 N–H and O–H groups in total. The number of benzene rings is 1. The van der Waals surface area contributed by atoms with Crippen LogP contribution in [0.3, 0.4) is 0 Å². The van der Waals surface area contributed by atoms with Crippen LogP contribution in [0.15, 0.2) is 49.1 Å². The third kappa shape index (κ3) is 14.6. The van der Waals surface area contributed by atoms with E-state index in [-0.39, 0.29) is 17.8 Å². The first-order valence-corrected chi connectivity index (χ1v) is 13.8. The fourth-order valence-corrected chi connectivity index (χ4v) is 4.27. The van der Waals surface area contributed by atoms with Gasteiger partial charge >= 0.3 is 0 Å². The summed E-state index contributed by atoms with van der Waals surface area (Å²) < 4.78 is 13.8. The van der Waals surface area contributed by atoms with Crippen LogP contribution in [0.2, 0.25) is 0 Å². The average molecular weight is 573 g/mol. The van der Waals surface area contributed by atoms with Crippen molar-refractivity contribution in [2.45, 2.75) is 53.1 Å². The molecule has 0 radical (unpaired) electrons. The minimum absolute atomic E-state index is 0.349. The SMILES string of the molecule is C=C/C=c1/sc(C(/C=C\CC(NC)C(N)=O)=C/CC)n/c1=C/C.C=O.CC.CN(C)Cc1ccc(F)cc1C=O. The smallest absolute Gasteiger partial charge is 0.234 e. The number of rotatable bonds is 11. The minimum atomic E-state index is -0.371. The molecule has 1 atom stereocenters. The molecule has 0 fully saturated rings. The molecule has 2 rings (SSSR count). The monoisotopic (exact) mass is 572 g/mol. The molecular formula is C31H45FN4O3S. The lowest BCUT2D eigenvalue weighted by Gasteiger charge is -2.11. The summed E-state index contributed by atoms with van der Waals surface area (Å²) in [5.74, 6) is -0.720. The second-order valence-electron chi connectivity index (χ2n) is 8.11. The highest BCUT2D eigenvalue weighted by atomic mass is 32.1. The van der Waals surface area contributed by atoms with Crippen LogP contribution in [0.4, 0.5) is 4.39 Å². The molecule has 0 aliphatic carbocycles. The molecule has 0 aliphatic rings. The van der Waals surface area contributed by atoms with Crippen LogP contribution in [-0.2, 0) is 16.1 Å². The molecule has 1 aromatic carbocycles. The first kappa shape index (κ1) is 38.6. The highest BCUT2D eigenvalue weighted by Crippen LogP contribution is 2.16. The quantitative estimate of drug-likeness (QED) is 0.308. The fourth-order valence-electron chi connectivity index (χ4n) is 3.21. The second-order valence-corrected chi connectivity index (χ2v) is 9.14. The molecule has 1 aromatic heterocycles. The lowest BCUT2D eigenvalue weighted by molar-refractivity contribution is -0.119. The Morgan fingerprint density at radius 1 is 1.27 bits per heavy atom. The molecule has 1 heterocycles. The van der Waals surface area contributed by atoms with Gasteiger partial charge in [0, 0.05) is 17.7 Å². The number of amides is 1. The Labute approximate surface area is 242 Å². The Bertz CT molecular complexity index is 1220. The van der Waals surface area contributed by atoms with Crippen LogP contribution in [0.5, 0.6) is 0 Å². The van der Waals surface area contributed by atoms with Crippen LogP contribution in [0.1, 0.15) is 61.5 Å². The number of nitrogens with two attached hydrogens (primary N) is 1. The lowest BCUT2D eigenvalue weighted by Crippen LogP contribution is -2.38. The average Bonchev–Trinajstić information content (AvgIpc) is 3.36. The standard InChI is InChI=1S/C18H25N3OS.C10H12FNO.C2H6.CH2O/c1-5-9-13(11-8-12-15(20-4)17(19)22)18-21-14(7-3)16(23-18)10-6-2;1-12(2)6-8-3-4-10(11)5-9(8)7-13;2*1-2/h6-11,15,20H,2,5,12H2,1,3-4H3,(H2,19,22);3-5,7H,6H2,1-2H3;1-2H3;1H2/b11-8-,13-9+,14-7+,16-10+;;;. The van der Waals surface area contributed by atoms with Crippen LogP contribution in [-0.4, -0.2) is 56.1 Å². The van der Waals surface area contributed by atoms with Crippen molar-refractivity contribution in [3.8, 4) is 0 Å². The van der Waals surface area contributed by atoms with Gasteiger partial charge in [0.25, 0.3) is 0 Å². The van der Waals surface area contributed by atoms with Gasteiger partial charge in [-0.05, 0) is 64.7 Å². The number of nitrogens with zero attached hydrogens (tertiary/aromatic N) is 2. The van der Waals surface area contributed by atoms with Gasteiger partial charge < -0.3 is 20.7 Å². The van der Waals surface area contributed by atoms with Crippen molar-refractivity contribution in [3.05, 3.63) is 80.9 Å². The van der Waals surface area contributed by atoms with Gasteiger partial charge in [0.1, 0.15) is 23.9 Å². The number of hydrogen-bond acceptors (Lipinski definition) is 7. The van der Waals surface area contributed by atoms with Gasteiger partial charge in [-0.15, -0.1) is 11.3 Å². The fraction of sp³-hybridized carbons (Fsp3) is 0.355. The zero-order chi connectivity index (χ0) is 31.1. The summed E-state index contributed by atoms with van der Waals surface area (Å²) in [5.41, 5.74) is 7.66. The molecular weight excluding hydrogens is 527 g/mol. The number of aromatic nitrogens is 1. The highest BCUT2D eigenvalue weighted by Gasteiger charge is 2.10. The third-order valence-electron chi connectivity index (χ3n) is 4.98. The van der Waals surface area contributed by atoms with Crippen molar-refractivity contribution in [2.24, 2.45) is 5.73 Å². The maximum Gasteiger partial charge on any atom is 0.234 e.